The molecule has 0 bridgehead atoms. The van der Waals surface area contributed by atoms with Gasteiger partial charge in [-0.25, -0.2) is 4.98 Å². The number of nitrogens with zero attached hydrogens (tertiary/aromatic N) is 2. The predicted molar refractivity (Wildman–Crippen MR) is 99.5 cm³/mol. The van der Waals surface area contributed by atoms with E-state index in [1.54, 1.807) is 11.3 Å². The number of thiazole rings is 1. The topological polar surface area (TPSA) is 37.4 Å². The van der Waals surface area contributed by atoms with Crippen molar-refractivity contribution >= 4 is 26.7 Å². The number of hydrogen-bond donors (Lipinski definition) is 1. The van der Waals surface area contributed by atoms with Gasteiger partial charge in [-0.15, -0.1) is 0 Å². The number of benzene rings is 2. The fourth-order valence-corrected chi connectivity index (χ4v) is 3.77. The highest BCUT2D eigenvalue weighted by atomic mass is 32.1. The molecule has 0 atom stereocenters. The molecule has 2 heterocycles. The number of morpholine rings is 1. The molecule has 0 spiro atoms. The molecular weight excluding hydrogens is 318 g/mol. The van der Waals surface area contributed by atoms with Crippen molar-refractivity contribution in [3.63, 3.8) is 0 Å². The molecule has 0 saturated carbocycles. The summed E-state index contributed by atoms with van der Waals surface area (Å²) in [5.74, 6) is 0. The fourth-order valence-electron chi connectivity index (χ4n) is 2.91. The Morgan fingerprint density at radius 2 is 1.75 bits per heavy atom. The molecular formula is C19H21N3OS. The van der Waals surface area contributed by atoms with E-state index >= 15 is 0 Å². The summed E-state index contributed by atoms with van der Waals surface area (Å²) < 4.78 is 6.62. The number of para-hydroxylation sites is 1. The molecule has 2 aromatic carbocycles. The van der Waals surface area contributed by atoms with Gasteiger partial charge < -0.3 is 10.1 Å². The molecule has 3 aromatic rings. The van der Waals surface area contributed by atoms with Crippen molar-refractivity contribution < 1.29 is 4.74 Å². The molecule has 1 aromatic heterocycles. The minimum absolute atomic E-state index is 0.803. The van der Waals surface area contributed by atoms with E-state index in [1.807, 2.05) is 6.07 Å². The first-order valence-electron chi connectivity index (χ1n) is 8.34. The molecule has 124 valence electrons. The molecule has 0 radical (unpaired) electrons. The Kier molecular flexibility index (Phi) is 4.74. The average molecular weight is 339 g/mol. The third kappa shape index (κ3) is 3.75. The van der Waals surface area contributed by atoms with Crippen LogP contribution in [0.3, 0.4) is 0 Å². The number of aromatic nitrogens is 1. The number of hydrogen-bond acceptors (Lipinski definition) is 5. The van der Waals surface area contributed by atoms with Crippen molar-refractivity contribution in [2.45, 2.75) is 13.1 Å². The first kappa shape index (κ1) is 15.6. The van der Waals surface area contributed by atoms with Crippen LogP contribution in [0.2, 0.25) is 0 Å². The van der Waals surface area contributed by atoms with Crippen LogP contribution < -0.4 is 5.32 Å². The van der Waals surface area contributed by atoms with E-state index in [0.717, 1.165) is 50.0 Å². The molecule has 0 unspecified atom stereocenters. The molecule has 1 N–H and O–H groups in total. The monoisotopic (exact) mass is 339 g/mol. The summed E-state index contributed by atoms with van der Waals surface area (Å²) >= 11 is 1.70. The summed E-state index contributed by atoms with van der Waals surface area (Å²) in [6.45, 7) is 5.57. The lowest BCUT2D eigenvalue weighted by Gasteiger charge is -2.26. The van der Waals surface area contributed by atoms with Gasteiger partial charge >= 0.3 is 0 Å². The minimum atomic E-state index is 0.803. The van der Waals surface area contributed by atoms with Crippen molar-refractivity contribution in [2.24, 2.45) is 0 Å². The van der Waals surface area contributed by atoms with Gasteiger partial charge in [0, 0.05) is 26.2 Å². The zero-order valence-corrected chi connectivity index (χ0v) is 14.4. The lowest BCUT2D eigenvalue weighted by molar-refractivity contribution is 0.0342. The van der Waals surface area contributed by atoms with E-state index in [0.29, 0.717) is 0 Å². The van der Waals surface area contributed by atoms with E-state index < -0.39 is 0 Å². The summed E-state index contributed by atoms with van der Waals surface area (Å²) in [4.78, 5) is 7.05. The van der Waals surface area contributed by atoms with Crippen LogP contribution in [0, 0.1) is 0 Å². The van der Waals surface area contributed by atoms with Crippen molar-refractivity contribution in [3.8, 4) is 0 Å². The van der Waals surface area contributed by atoms with Gasteiger partial charge in [-0.2, -0.15) is 0 Å². The Balaban J connectivity index is 1.34. The summed E-state index contributed by atoms with van der Waals surface area (Å²) in [6, 6.07) is 17.1. The maximum absolute atomic E-state index is 5.40. The number of rotatable bonds is 5. The van der Waals surface area contributed by atoms with Gasteiger partial charge in [0.2, 0.25) is 0 Å². The molecule has 0 aliphatic carbocycles. The molecule has 1 aliphatic rings. The van der Waals surface area contributed by atoms with Gasteiger partial charge in [-0.1, -0.05) is 47.7 Å². The zero-order chi connectivity index (χ0) is 16.2. The second-order valence-corrected chi connectivity index (χ2v) is 7.08. The standard InChI is InChI=1S/C19H21N3OS/c1-2-4-18-17(3-1)21-19(24-18)20-13-15-5-7-16(8-6-15)14-22-9-11-23-12-10-22/h1-8H,9-14H2,(H,20,21). The van der Waals surface area contributed by atoms with Gasteiger partial charge in [-0.05, 0) is 23.3 Å². The molecule has 1 fully saturated rings. The highest BCUT2D eigenvalue weighted by molar-refractivity contribution is 7.22. The molecule has 0 amide bonds. The first-order valence-corrected chi connectivity index (χ1v) is 9.16. The molecule has 1 saturated heterocycles. The molecule has 5 heteroatoms. The second-order valence-electron chi connectivity index (χ2n) is 6.05. The normalized spacial score (nSPS) is 15.7. The average Bonchev–Trinajstić information content (AvgIpc) is 3.05. The Hall–Kier alpha value is -1.95. The van der Waals surface area contributed by atoms with Crippen LogP contribution in [-0.4, -0.2) is 36.2 Å². The third-order valence-electron chi connectivity index (χ3n) is 4.27. The van der Waals surface area contributed by atoms with Crippen molar-refractivity contribution in [1.82, 2.24) is 9.88 Å². The first-order chi connectivity index (χ1) is 11.9. The Morgan fingerprint density at radius 3 is 2.54 bits per heavy atom. The molecule has 4 nitrogen and oxygen atoms in total. The van der Waals surface area contributed by atoms with Crippen LogP contribution in [0.5, 0.6) is 0 Å². The van der Waals surface area contributed by atoms with Crippen LogP contribution in [0.1, 0.15) is 11.1 Å². The van der Waals surface area contributed by atoms with E-state index in [-0.39, 0.29) is 0 Å². The summed E-state index contributed by atoms with van der Waals surface area (Å²) in [5.41, 5.74) is 3.70. The van der Waals surface area contributed by atoms with E-state index in [4.69, 9.17) is 4.74 Å². The second kappa shape index (κ2) is 7.30. The number of anilines is 1. The minimum Gasteiger partial charge on any atom is -0.379 e. The van der Waals surface area contributed by atoms with Crippen LogP contribution in [-0.2, 0) is 17.8 Å². The lowest BCUT2D eigenvalue weighted by Crippen LogP contribution is -2.35. The third-order valence-corrected chi connectivity index (χ3v) is 5.26. The number of ether oxygens (including phenoxy) is 1. The lowest BCUT2D eigenvalue weighted by atomic mass is 10.1. The molecule has 24 heavy (non-hydrogen) atoms. The summed E-state index contributed by atoms with van der Waals surface area (Å²) in [5, 5.41) is 4.41. The van der Waals surface area contributed by atoms with E-state index in [1.165, 1.54) is 15.8 Å². The molecule has 4 rings (SSSR count). The van der Waals surface area contributed by atoms with Crippen LogP contribution in [0.15, 0.2) is 48.5 Å². The summed E-state index contributed by atoms with van der Waals surface area (Å²) in [6.07, 6.45) is 0. The smallest absolute Gasteiger partial charge is 0.184 e. The zero-order valence-electron chi connectivity index (χ0n) is 13.6. The van der Waals surface area contributed by atoms with Gasteiger partial charge in [-0.3, -0.25) is 4.90 Å². The fraction of sp³-hybridized carbons (Fsp3) is 0.316. The molecule has 1 aliphatic heterocycles. The summed E-state index contributed by atoms with van der Waals surface area (Å²) in [7, 11) is 0. The SMILES string of the molecule is c1ccc2sc(NCc3ccc(CN4CCOCC4)cc3)nc2c1. The number of nitrogens with one attached hydrogen (secondary N) is 1. The van der Waals surface area contributed by atoms with Crippen molar-refractivity contribution in [2.75, 3.05) is 31.6 Å². The Labute approximate surface area is 146 Å². The van der Waals surface area contributed by atoms with Gasteiger partial charge in [0.1, 0.15) is 0 Å². The van der Waals surface area contributed by atoms with E-state index in [9.17, 15) is 0 Å². The Bertz CT molecular complexity index is 761. The highest BCUT2D eigenvalue weighted by Gasteiger charge is 2.10. The van der Waals surface area contributed by atoms with Crippen LogP contribution in [0.25, 0.3) is 10.2 Å². The highest BCUT2D eigenvalue weighted by Crippen LogP contribution is 2.25. The van der Waals surface area contributed by atoms with E-state index in [2.05, 4.69) is 57.7 Å². The van der Waals surface area contributed by atoms with Gasteiger partial charge in [0.25, 0.3) is 0 Å². The van der Waals surface area contributed by atoms with Crippen LogP contribution >= 0.6 is 11.3 Å². The van der Waals surface area contributed by atoms with Gasteiger partial charge in [0.15, 0.2) is 5.13 Å². The maximum Gasteiger partial charge on any atom is 0.184 e. The van der Waals surface area contributed by atoms with Gasteiger partial charge in [0.05, 0.1) is 23.4 Å². The van der Waals surface area contributed by atoms with Crippen molar-refractivity contribution in [1.29, 1.82) is 0 Å². The quantitative estimate of drug-likeness (QED) is 0.768. The predicted octanol–water partition coefficient (Wildman–Crippen LogP) is 3.74. The number of fused-ring (bicyclic) bond motifs is 1. The van der Waals surface area contributed by atoms with Crippen molar-refractivity contribution in [3.05, 3.63) is 59.7 Å². The Morgan fingerprint density at radius 1 is 1.00 bits per heavy atom. The maximum atomic E-state index is 5.40. The largest absolute Gasteiger partial charge is 0.379 e. The van der Waals surface area contributed by atoms with Crippen LogP contribution in [0.4, 0.5) is 5.13 Å².